The molecule has 1 aliphatic carbocycles. The molecule has 0 bridgehead atoms. The van der Waals surface area contributed by atoms with Crippen LogP contribution >= 0.6 is 23.7 Å². The van der Waals surface area contributed by atoms with Gasteiger partial charge in [-0.2, -0.15) is 4.98 Å². The normalized spacial score (nSPS) is 13.9. The molecular formula is C16H16ClN3OS. The summed E-state index contributed by atoms with van der Waals surface area (Å²) in [7, 11) is 0. The number of nitrogens with two attached hydrogens (primary N) is 1. The van der Waals surface area contributed by atoms with Crippen molar-refractivity contribution in [2.45, 2.75) is 25.3 Å². The van der Waals surface area contributed by atoms with Crippen LogP contribution in [0.1, 0.15) is 29.9 Å². The third-order valence-electron chi connectivity index (χ3n) is 3.78. The van der Waals surface area contributed by atoms with Crippen LogP contribution in [-0.4, -0.2) is 10.1 Å². The minimum atomic E-state index is 0. The van der Waals surface area contributed by atoms with Crippen LogP contribution in [0.5, 0.6) is 0 Å². The highest BCUT2D eigenvalue weighted by atomic mass is 35.5. The van der Waals surface area contributed by atoms with Gasteiger partial charge in [0.1, 0.15) is 0 Å². The standard InChI is InChI=1S/C16H15N3OS.ClH/c17-9-10-1-3-12(4-2-10)15-18-16(20-19-15)14-13(7-8-21-14)11-5-6-11;/h1-4,7-8,11H,5-6,9,17H2;1H. The van der Waals surface area contributed by atoms with E-state index in [1.54, 1.807) is 11.3 Å². The first-order chi connectivity index (χ1) is 10.3. The summed E-state index contributed by atoms with van der Waals surface area (Å²) < 4.78 is 5.46. The molecule has 0 spiro atoms. The molecule has 3 aromatic rings. The monoisotopic (exact) mass is 333 g/mol. The van der Waals surface area contributed by atoms with Gasteiger partial charge in [0.2, 0.25) is 5.82 Å². The highest BCUT2D eigenvalue weighted by molar-refractivity contribution is 7.13. The van der Waals surface area contributed by atoms with Crippen LogP contribution in [0.15, 0.2) is 40.2 Å². The molecule has 0 unspecified atom stereocenters. The van der Waals surface area contributed by atoms with E-state index in [9.17, 15) is 0 Å². The molecule has 1 fully saturated rings. The fourth-order valence-corrected chi connectivity index (χ4v) is 3.34. The van der Waals surface area contributed by atoms with E-state index in [2.05, 4.69) is 21.6 Å². The summed E-state index contributed by atoms with van der Waals surface area (Å²) in [5.74, 6) is 1.94. The van der Waals surface area contributed by atoms with E-state index in [-0.39, 0.29) is 12.4 Å². The van der Waals surface area contributed by atoms with Gasteiger partial charge in [-0.3, -0.25) is 0 Å². The number of thiophene rings is 1. The van der Waals surface area contributed by atoms with Gasteiger partial charge in [-0.15, -0.1) is 23.7 Å². The number of hydrogen-bond acceptors (Lipinski definition) is 5. The van der Waals surface area contributed by atoms with Crippen molar-refractivity contribution in [2.75, 3.05) is 0 Å². The summed E-state index contributed by atoms with van der Waals surface area (Å²) in [6.07, 6.45) is 2.54. The third kappa shape index (κ3) is 2.79. The molecule has 1 saturated carbocycles. The lowest BCUT2D eigenvalue weighted by molar-refractivity contribution is 0.433. The molecule has 0 amide bonds. The minimum absolute atomic E-state index is 0. The Kier molecular flexibility index (Phi) is 4.29. The zero-order valence-corrected chi connectivity index (χ0v) is 13.5. The molecule has 2 N–H and O–H groups in total. The molecule has 22 heavy (non-hydrogen) atoms. The summed E-state index contributed by atoms with van der Waals surface area (Å²) in [5, 5.41) is 6.21. The van der Waals surface area contributed by atoms with Crippen molar-refractivity contribution in [1.29, 1.82) is 0 Å². The molecule has 1 aromatic carbocycles. The van der Waals surface area contributed by atoms with Gasteiger partial charge in [-0.05, 0) is 41.3 Å². The topological polar surface area (TPSA) is 64.9 Å². The second-order valence-corrected chi connectivity index (χ2v) is 6.22. The van der Waals surface area contributed by atoms with E-state index in [0.717, 1.165) is 16.0 Å². The highest BCUT2D eigenvalue weighted by Crippen LogP contribution is 2.46. The van der Waals surface area contributed by atoms with Crippen molar-refractivity contribution >= 4 is 23.7 Å². The Morgan fingerprint density at radius 1 is 1.18 bits per heavy atom. The molecule has 2 aromatic heterocycles. The summed E-state index contributed by atoms with van der Waals surface area (Å²) in [6.45, 7) is 0.539. The predicted molar refractivity (Wildman–Crippen MR) is 90.2 cm³/mol. The molecule has 0 aliphatic heterocycles. The Balaban J connectivity index is 0.00000144. The number of benzene rings is 1. The lowest BCUT2D eigenvalue weighted by Gasteiger charge is -1.97. The van der Waals surface area contributed by atoms with Crippen molar-refractivity contribution < 1.29 is 4.52 Å². The van der Waals surface area contributed by atoms with E-state index in [1.165, 1.54) is 18.4 Å². The zero-order valence-electron chi connectivity index (χ0n) is 11.9. The second kappa shape index (κ2) is 6.20. The average molecular weight is 334 g/mol. The largest absolute Gasteiger partial charge is 0.333 e. The average Bonchev–Trinajstić information content (AvgIpc) is 3.06. The van der Waals surface area contributed by atoms with E-state index in [4.69, 9.17) is 10.3 Å². The lowest BCUT2D eigenvalue weighted by Crippen LogP contribution is -1.95. The fourth-order valence-electron chi connectivity index (χ4n) is 2.43. The summed E-state index contributed by atoms with van der Waals surface area (Å²) >= 11 is 1.67. The van der Waals surface area contributed by atoms with E-state index in [0.29, 0.717) is 24.2 Å². The summed E-state index contributed by atoms with van der Waals surface area (Å²) in [6, 6.07) is 10.1. The van der Waals surface area contributed by atoms with Crippen LogP contribution in [0.4, 0.5) is 0 Å². The van der Waals surface area contributed by atoms with Crippen LogP contribution in [-0.2, 0) is 6.54 Å². The van der Waals surface area contributed by atoms with Crippen molar-refractivity contribution in [2.24, 2.45) is 5.73 Å². The van der Waals surface area contributed by atoms with Gasteiger partial charge < -0.3 is 10.3 Å². The van der Waals surface area contributed by atoms with E-state index in [1.807, 2.05) is 24.3 Å². The molecule has 114 valence electrons. The van der Waals surface area contributed by atoms with Crippen LogP contribution in [0.3, 0.4) is 0 Å². The first-order valence-corrected chi connectivity index (χ1v) is 7.94. The maximum Gasteiger partial charge on any atom is 0.268 e. The quantitative estimate of drug-likeness (QED) is 0.776. The number of halogens is 1. The number of hydrogen-bond donors (Lipinski definition) is 1. The molecule has 0 atom stereocenters. The SMILES string of the molecule is Cl.NCc1ccc(-c2noc(-c3sccc3C3CC3)n2)cc1. The Morgan fingerprint density at radius 2 is 1.95 bits per heavy atom. The third-order valence-corrected chi connectivity index (χ3v) is 4.70. The molecular weight excluding hydrogens is 318 g/mol. The molecule has 4 rings (SSSR count). The second-order valence-electron chi connectivity index (χ2n) is 5.30. The minimum Gasteiger partial charge on any atom is -0.333 e. The molecule has 0 saturated heterocycles. The molecule has 6 heteroatoms. The summed E-state index contributed by atoms with van der Waals surface area (Å²) in [5.41, 5.74) is 9.01. The van der Waals surface area contributed by atoms with Gasteiger partial charge in [0.05, 0.1) is 4.88 Å². The van der Waals surface area contributed by atoms with Gasteiger partial charge >= 0.3 is 0 Å². The van der Waals surface area contributed by atoms with Gasteiger partial charge in [-0.1, -0.05) is 29.4 Å². The summed E-state index contributed by atoms with van der Waals surface area (Å²) in [4.78, 5) is 5.67. The zero-order chi connectivity index (χ0) is 14.2. The smallest absolute Gasteiger partial charge is 0.268 e. The van der Waals surface area contributed by atoms with Gasteiger partial charge in [0.15, 0.2) is 0 Å². The van der Waals surface area contributed by atoms with Crippen molar-refractivity contribution in [3.05, 3.63) is 46.8 Å². The van der Waals surface area contributed by atoms with Gasteiger partial charge in [0.25, 0.3) is 5.89 Å². The Bertz CT molecular complexity index is 762. The first kappa shape index (κ1) is 15.2. The van der Waals surface area contributed by atoms with Gasteiger partial charge in [0, 0.05) is 12.1 Å². The predicted octanol–water partition coefficient (Wildman–Crippen LogP) is 4.22. The van der Waals surface area contributed by atoms with Crippen LogP contribution in [0.25, 0.3) is 22.2 Å². The number of nitrogens with zero attached hydrogens (tertiary/aromatic N) is 2. The Labute approximate surface area is 138 Å². The highest BCUT2D eigenvalue weighted by Gasteiger charge is 2.29. The Morgan fingerprint density at radius 3 is 2.64 bits per heavy atom. The fraction of sp³-hybridized carbons (Fsp3) is 0.250. The van der Waals surface area contributed by atoms with Crippen LogP contribution in [0.2, 0.25) is 0 Å². The molecule has 1 aliphatic rings. The maximum atomic E-state index is 5.61. The van der Waals surface area contributed by atoms with Crippen molar-refractivity contribution in [1.82, 2.24) is 10.1 Å². The van der Waals surface area contributed by atoms with Crippen molar-refractivity contribution in [3.8, 4) is 22.2 Å². The van der Waals surface area contributed by atoms with E-state index < -0.39 is 0 Å². The van der Waals surface area contributed by atoms with Gasteiger partial charge in [-0.25, -0.2) is 0 Å². The van der Waals surface area contributed by atoms with Crippen LogP contribution in [0, 0.1) is 0 Å². The van der Waals surface area contributed by atoms with Crippen LogP contribution < -0.4 is 5.73 Å². The maximum absolute atomic E-state index is 5.61. The Hall–Kier alpha value is -1.69. The number of aromatic nitrogens is 2. The molecule has 0 radical (unpaired) electrons. The van der Waals surface area contributed by atoms with E-state index >= 15 is 0 Å². The lowest BCUT2D eigenvalue weighted by atomic mass is 10.1. The molecule has 2 heterocycles. The first-order valence-electron chi connectivity index (χ1n) is 7.06. The molecule has 4 nitrogen and oxygen atoms in total. The number of rotatable bonds is 4. The van der Waals surface area contributed by atoms with Crippen molar-refractivity contribution in [3.63, 3.8) is 0 Å².